The van der Waals surface area contributed by atoms with Crippen molar-refractivity contribution < 1.29 is 9.90 Å². The summed E-state index contributed by atoms with van der Waals surface area (Å²) in [6.45, 7) is 6.10. The number of carbonyl (C=O) groups is 1. The Morgan fingerprint density at radius 2 is 1.86 bits per heavy atom. The quantitative estimate of drug-likeness (QED) is 0.673. The number of nitrogens with zero attached hydrogens (tertiary/aromatic N) is 1. The number of nitrogens with one attached hydrogen (secondary N) is 1. The molecule has 0 aliphatic heterocycles. The molecule has 0 atom stereocenters. The smallest absolute Gasteiger partial charge is 0.244 e. The Morgan fingerprint density at radius 1 is 1.18 bits per heavy atom. The van der Waals surface area contributed by atoms with Gasteiger partial charge in [-0.25, -0.2) is 5.43 Å². The highest BCUT2D eigenvalue weighted by Crippen LogP contribution is 2.14. The lowest BCUT2D eigenvalue weighted by Gasteiger charge is -2.06. The first kappa shape index (κ1) is 15.8. The number of aryl methyl sites for hydroxylation is 3. The van der Waals surface area contributed by atoms with E-state index in [9.17, 15) is 9.90 Å². The molecule has 2 aromatic carbocycles. The highest BCUT2D eigenvalue weighted by atomic mass is 16.3. The maximum Gasteiger partial charge on any atom is 0.244 e. The molecule has 1 amide bonds. The van der Waals surface area contributed by atoms with Crippen LogP contribution in [0.1, 0.15) is 27.8 Å². The highest BCUT2D eigenvalue weighted by Gasteiger charge is 2.04. The largest absolute Gasteiger partial charge is 0.508 e. The molecule has 2 aromatic rings. The third-order valence-corrected chi connectivity index (χ3v) is 3.40. The number of hydrogen-bond acceptors (Lipinski definition) is 3. The van der Waals surface area contributed by atoms with Crippen molar-refractivity contribution in [3.05, 3.63) is 64.2 Å². The summed E-state index contributed by atoms with van der Waals surface area (Å²) >= 11 is 0. The van der Waals surface area contributed by atoms with Crippen LogP contribution in [0.3, 0.4) is 0 Å². The van der Waals surface area contributed by atoms with Gasteiger partial charge >= 0.3 is 0 Å². The number of aromatic hydroxyl groups is 1. The molecule has 22 heavy (non-hydrogen) atoms. The first-order valence-corrected chi connectivity index (χ1v) is 7.13. The summed E-state index contributed by atoms with van der Waals surface area (Å²) in [4.78, 5) is 11.8. The number of phenols is 1. The Morgan fingerprint density at radius 3 is 2.50 bits per heavy atom. The summed E-state index contributed by atoms with van der Waals surface area (Å²) in [5.41, 5.74) is 7.74. The van der Waals surface area contributed by atoms with Gasteiger partial charge in [-0.3, -0.25) is 4.79 Å². The van der Waals surface area contributed by atoms with E-state index in [2.05, 4.69) is 29.6 Å². The molecule has 0 spiro atoms. The van der Waals surface area contributed by atoms with E-state index in [-0.39, 0.29) is 18.1 Å². The standard InChI is InChI=1S/C18H20N2O2/c1-12-7-13(2)17(14(3)8-12)11-19-20-18(22)10-15-5-4-6-16(21)9-15/h4-9,11,21H,10H2,1-3H3,(H,20,22). The fourth-order valence-electron chi connectivity index (χ4n) is 2.45. The second kappa shape index (κ2) is 6.89. The predicted octanol–water partition coefficient (Wildman–Crippen LogP) is 3.01. The lowest BCUT2D eigenvalue weighted by molar-refractivity contribution is -0.120. The van der Waals surface area contributed by atoms with Crippen molar-refractivity contribution in [1.82, 2.24) is 5.43 Å². The van der Waals surface area contributed by atoms with Crippen molar-refractivity contribution in [3.8, 4) is 5.75 Å². The molecule has 0 aliphatic rings. The summed E-state index contributed by atoms with van der Waals surface area (Å²) in [7, 11) is 0. The number of rotatable bonds is 4. The van der Waals surface area contributed by atoms with Crippen LogP contribution >= 0.6 is 0 Å². The Hall–Kier alpha value is -2.62. The Bertz CT molecular complexity index is 698. The Kier molecular flexibility index (Phi) is 4.94. The van der Waals surface area contributed by atoms with Crippen molar-refractivity contribution in [2.75, 3.05) is 0 Å². The number of benzene rings is 2. The van der Waals surface area contributed by atoms with Crippen LogP contribution < -0.4 is 5.43 Å². The minimum absolute atomic E-state index is 0.153. The van der Waals surface area contributed by atoms with Crippen LogP contribution in [0.4, 0.5) is 0 Å². The van der Waals surface area contributed by atoms with E-state index in [1.807, 2.05) is 13.8 Å². The number of amides is 1. The van der Waals surface area contributed by atoms with E-state index < -0.39 is 0 Å². The first-order valence-electron chi connectivity index (χ1n) is 7.13. The van der Waals surface area contributed by atoms with Crippen LogP contribution in [0.15, 0.2) is 41.5 Å². The average Bonchev–Trinajstić information content (AvgIpc) is 2.41. The van der Waals surface area contributed by atoms with E-state index in [0.717, 1.165) is 22.3 Å². The predicted molar refractivity (Wildman–Crippen MR) is 88.2 cm³/mol. The van der Waals surface area contributed by atoms with Gasteiger partial charge in [0.05, 0.1) is 12.6 Å². The second-order valence-corrected chi connectivity index (χ2v) is 5.45. The van der Waals surface area contributed by atoms with E-state index in [4.69, 9.17) is 0 Å². The maximum absolute atomic E-state index is 11.8. The van der Waals surface area contributed by atoms with Gasteiger partial charge in [-0.05, 0) is 49.6 Å². The third kappa shape index (κ3) is 4.19. The van der Waals surface area contributed by atoms with Crippen LogP contribution in [0, 0.1) is 20.8 Å². The molecular formula is C18H20N2O2. The molecule has 4 heteroatoms. The van der Waals surface area contributed by atoms with Gasteiger partial charge in [0, 0.05) is 5.56 Å². The van der Waals surface area contributed by atoms with E-state index >= 15 is 0 Å². The molecule has 4 nitrogen and oxygen atoms in total. The summed E-state index contributed by atoms with van der Waals surface area (Å²) in [6.07, 6.45) is 1.85. The lowest BCUT2D eigenvalue weighted by atomic mass is 10.0. The van der Waals surface area contributed by atoms with Crippen molar-refractivity contribution in [2.45, 2.75) is 27.2 Å². The molecule has 0 aromatic heterocycles. The van der Waals surface area contributed by atoms with Gasteiger partial charge in [-0.1, -0.05) is 29.8 Å². The first-order chi connectivity index (χ1) is 10.5. The molecule has 114 valence electrons. The second-order valence-electron chi connectivity index (χ2n) is 5.45. The van der Waals surface area contributed by atoms with Crippen molar-refractivity contribution in [1.29, 1.82) is 0 Å². The van der Waals surface area contributed by atoms with Crippen LogP contribution in [-0.2, 0) is 11.2 Å². The lowest BCUT2D eigenvalue weighted by Crippen LogP contribution is -2.19. The molecule has 0 heterocycles. The third-order valence-electron chi connectivity index (χ3n) is 3.40. The summed E-state index contributed by atoms with van der Waals surface area (Å²) in [5.74, 6) is -0.0658. The van der Waals surface area contributed by atoms with Gasteiger partial charge in [0.15, 0.2) is 0 Å². The van der Waals surface area contributed by atoms with Crippen LogP contribution in [0.2, 0.25) is 0 Å². The molecule has 0 radical (unpaired) electrons. The van der Waals surface area contributed by atoms with E-state index in [0.29, 0.717) is 0 Å². The van der Waals surface area contributed by atoms with Gasteiger partial charge in [-0.2, -0.15) is 5.10 Å². The summed E-state index contributed by atoms with van der Waals surface area (Å²) in [5, 5.41) is 13.4. The molecule has 0 saturated carbocycles. The molecule has 0 unspecified atom stereocenters. The van der Waals surface area contributed by atoms with Gasteiger partial charge < -0.3 is 5.11 Å². The summed E-state index contributed by atoms with van der Waals surface area (Å²) in [6, 6.07) is 10.8. The normalized spacial score (nSPS) is 10.9. The fourth-order valence-corrected chi connectivity index (χ4v) is 2.45. The number of hydrazone groups is 1. The van der Waals surface area contributed by atoms with Crippen molar-refractivity contribution >= 4 is 12.1 Å². The average molecular weight is 296 g/mol. The molecule has 0 saturated heterocycles. The number of phenolic OH excluding ortho intramolecular Hbond substituents is 1. The molecular weight excluding hydrogens is 276 g/mol. The molecule has 0 aliphatic carbocycles. The van der Waals surface area contributed by atoms with Crippen LogP contribution in [0.5, 0.6) is 5.75 Å². The topological polar surface area (TPSA) is 61.7 Å². The minimum Gasteiger partial charge on any atom is -0.508 e. The van der Waals surface area contributed by atoms with Crippen molar-refractivity contribution in [3.63, 3.8) is 0 Å². The van der Waals surface area contributed by atoms with Gasteiger partial charge in [0.25, 0.3) is 0 Å². The molecule has 0 bridgehead atoms. The fraction of sp³-hybridized carbons (Fsp3) is 0.222. The van der Waals surface area contributed by atoms with Gasteiger partial charge in [0.1, 0.15) is 5.75 Å². The maximum atomic E-state index is 11.8. The molecule has 0 fully saturated rings. The van der Waals surface area contributed by atoms with Gasteiger partial charge in [0.2, 0.25) is 5.91 Å². The van der Waals surface area contributed by atoms with Gasteiger partial charge in [-0.15, -0.1) is 0 Å². The van der Waals surface area contributed by atoms with Crippen molar-refractivity contribution in [2.24, 2.45) is 5.10 Å². The van der Waals surface area contributed by atoms with E-state index in [1.54, 1.807) is 30.5 Å². The Labute approximate surface area is 130 Å². The van der Waals surface area contributed by atoms with Crippen LogP contribution in [0.25, 0.3) is 0 Å². The minimum atomic E-state index is -0.218. The number of hydrogen-bond donors (Lipinski definition) is 2. The Balaban J connectivity index is 1.99. The molecule has 2 rings (SSSR count). The summed E-state index contributed by atoms with van der Waals surface area (Å²) < 4.78 is 0. The highest BCUT2D eigenvalue weighted by molar-refractivity contribution is 5.86. The molecule has 2 N–H and O–H groups in total. The zero-order valence-electron chi connectivity index (χ0n) is 13.1. The zero-order chi connectivity index (χ0) is 16.1. The zero-order valence-corrected chi connectivity index (χ0v) is 13.1. The van der Waals surface area contributed by atoms with E-state index in [1.165, 1.54) is 5.56 Å². The number of carbonyl (C=O) groups excluding carboxylic acids is 1. The SMILES string of the molecule is Cc1cc(C)c(C=NNC(=O)Cc2cccc(O)c2)c(C)c1. The van der Waals surface area contributed by atoms with Crippen LogP contribution in [-0.4, -0.2) is 17.2 Å². The monoisotopic (exact) mass is 296 g/mol.